The van der Waals surface area contributed by atoms with Crippen LogP contribution in [0.5, 0.6) is 0 Å². The predicted molar refractivity (Wildman–Crippen MR) is 102 cm³/mol. The molecule has 0 radical (unpaired) electrons. The summed E-state index contributed by atoms with van der Waals surface area (Å²) in [4.78, 5) is 26.0. The van der Waals surface area contributed by atoms with Crippen molar-refractivity contribution in [1.82, 2.24) is 19.9 Å². The maximum Gasteiger partial charge on any atom is 0.256 e. The van der Waals surface area contributed by atoms with Crippen molar-refractivity contribution in [2.45, 2.75) is 18.8 Å². The van der Waals surface area contributed by atoms with Gasteiger partial charge in [0, 0.05) is 42.6 Å². The monoisotopic (exact) mass is 344 g/mol. The van der Waals surface area contributed by atoms with Crippen molar-refractivity contribution in [2.75, 3.05) is 13.1 Å². The second-order valence-corrected chi connectivity index (χ2v) is 6.96. The molecule has 4 aromatic rings. The maximum absolute atomic E-state index is 13.0. The van der Waals surface area contributed by atoms with Gasteiger partial charge in [-0.15, -0.1) is 0 Å². The molecular formula is C21H20N4O. The molecule has 5 heteroatoms. The molecule has 0 spiro atoms. The van der Waals surface area contributed by atoms with Crippen LogP contribution in [0.25, 0.3) is 21.9 Å². The summed E-state index contributed by atoms with van der Waals surface area (Å²) >= 11 is 0. The number of carbonyl (C=O) groups is 1. The van der Waals surface area contributed by atoms with Crippen LogP contribution in [0, 0.1) is 0 Å². The summed E-state index contributed by atoms with van der Waals surface area (Å²) in [6.45, 7) is 1.56. The van der Waals surface area contributed by atoms with Gasteiger partial charge in [0.2, 0.25) is 0 Å². The number of likely N-dealkylation sites (tertiary alicyclic amines) is 1. The van der Waals surface area contributed by atoms with E-state index >= 15 is 0 Å². The van der Waals surface area contributed by atoms with E-state index in [0.29, 0.717) is 5.92 Å². The van der Waals surface area contributed by atoms with Crippen LogP contribution in [0.4, 0.5) is 0 Å². The Morgan fingerprint density at radius 2 is 1.77 bits per heavy atom. The lowest BCUT2D eigenvalue weighted by molar-refractivity contribution is 0.0715. The molecule has 2 N–H and O–H groups in total. The van der Waals surface area contributed by atoms with Gasteiger partial charge in [0.1, 0.15) is 0 Å². The molecule has 1 amide bonds. The Hall–Kier alpha value is -3.08. The van der Waals surface area contributed by atoms with Gasteiger partial charge in [-0.05, 0) is 42.5 Å². The molecule has 0 unspecified atom stereocenters. The lowest BCUT2D eigenvalue weighted by atomic mass is 9.90. The van der Waals surface area contributed by atoms with Crippen molar-refractivity contribution in [3.63, 3.8) is 0 Å². The molecule has 4 heterocycles. The zero-order valence-corrected chi connectivity index (χ0v) is 14.4. The van der Waals surface area contributed by atoms with E-state index in [1.165, 1.54) is 5.56 Å². The van der Waals surface area contributed by atoms with Gasteiger partial charge in [-0.1, -0.05) is 18.2 Å². The van der Waals surface area contributed by atoms with Gasteiger partial charge in [-0.3, -0.25) is 9.78 Å². The Kier molecular flexibility index (Phi) is 3.52. The first kappa shape index (κ1) is 15.2. The van der Waals surface area contributed by atoms with E-state index in [2.05, 4.69) is 27.2 Å². The molecule has 1 aliphatic rings. The Morgan fingerprint density at radius 3 is 2.65 bits per heavy atom. The maximum atomic E-state index is 13.0. The highest BCUT2D eigenvalue weighted by molar-refractivity contribution is 6.06. The molecule has 0 aliphatic carbocycles. The first-order chi connectivity index (χ1) is 12.8. The van der Waals surface area contributed by atoms with Crippen LogP contribution >= 0.6 is 0 Å². The predicted octanol–water partition coefficient (Wildman–Crippen LogP) is 4.06. The van der Waals surface area contributed by atoms with Crippen molar-refractivity contribution in [1.29, 1.82) is 0 Å². The van der Waals surface area contributed by atoms with Crippen molar-refractivity contribution in [3.8, 4) is 0 Å². The van der Waals surface area contributed by atoms with Crippen LogP contribution in [-0.4, -0.2) is 38.8 Å². The van der Waals surface area contributed by atoms with E-state index in [-0.39, 0.29) is 5.91 Å². The smallest absolute Gasteiger partial charge is 0.256 e. The van der Waals surface area contributed by atoms with Gasteiger partial charge in [0.05, 0.1) is 16.6 Å². The molecule has 0 atom stereocenters. The van der Waals surface area contributed by atoms with Gasteiger partial charge in [0.15, 0.2) is 0 Å². The van der Waals surface area contributed by atoms with E-state index in [4.69, 9.17) is 0 Å². The normalized spacial score (nSPS) is 15.8. The lowest BCUT2D eigenvalue weighted by Crippen LogP contribution is -2.37. The zero-order valence-electron chi connectivity index (χ0n) is 14.4. The molecule has 5 nitrogen and oxygen atoms in total. The molecule has 5 rings (SSSR count). The van der Waals surface area contributed by atoms with Crippen LogP contribution in [0.15, 0.2) is 55.0 Å². The summed E-state index contributed by atoms with van der Waals surface area (Å²) in [5, 5.41) is 1.00. The number of hydrogen-bond acceptors (Lipinski definition) is 2. The molecule has 0 saturated carbocycles. The molecular weight excluding hydrogens is 324 g/mol. The Bertz CT molecular complexity index is 1090. The number of pyridine rings is 1. The van der Waals surface area contributed by atoms with Gasteiger partial charge in [0.25, 0.3) is 5.91 Å². The zero-order chi connectivity index (χ0) is 17.5. The second kappa shape index (κ2) is 6.02. The van der Waals surface area contributed by atoms with Crippen molar-refractivity contribution >= 4 is 27.8 Å². The number of hydrogen-bond donors (Lipinski definition) is 2. The third kappa shape index (κ3) is 2.39. The quantitative estimate of drug-likeness (QED) is 0.576. The van der Waals surface area contributed by atoms with Crippen LogP contribution < -0.4 is 0 Å². The molecule has 26 heavy (non-hydrogen) atoms. The fourth-order valence-electron chi connectivity index (χ4n) is 4.10. The molecule has 3 aromatic heterocycles. The third-order valence-electron chi connectivity index (χ3n) is 5.51. The largest absolute Gasteiger partial charge is 0.360 e. The highest BCUT2D eigenvalue weighted by Gasteiger charge is 2.27. The topological polar surface area (TPSA) is 64.8 Å². The Balaban J connectivity index is 1.35. The van der Waals surface area contributed by atoms with Gasteiger partial charge in [-0.25, -0.2) is 0 Å². The van der Waals surface area contributed by atoms with E-state index < -0.39 is 0 Å². The number of aromatic amines is 2. The number of piperidine rings is 1. The second-order valence-electron chi connectivity index (χ2n) is 6.96. The number of nitrogens with zero attached hydrogens (tertiary/aromatic N) is 2. The number of para-hydroxylation sites is 1. The first-order valence-electron chi connectivity index (χ1n) is 9.08. The number of carbonyl (C=O) groups excluding carboxylic acids is 1. The fraction of sp³-hybridized carbons (Fsp3) is 0.238. The average molecular weight is 344 g/mol. The molecule has 130 valence electrons. The lowest BCUT2D eigenvalue weighted by Gasteiger charge is -2.31. The highest BCUT2D eigenvalue weighted by Crippen LogP contribution is 2.33. The first-order valence-corrected chi connectivity index (χ1v) is 9.08. The van der Waals surface area contributed by atoms with Gasteiger partial charge in [-0.2, -0.15) is 0 Å². The number of aromatic nitrogens is 3. The number of benzene rings is 1. The minimum absolute atomic E-state index is 0.123. The highest BCUT2D eigenvalue weighted by atomic mass is 16.2. The Morgan fingerprint density at radius 1 is 1.00 bits per heavy atom. The number of amides is 1. The molecule has 1 fully saturated rings. The van der Waals surface area contributed by atoms with Gasteiger partial charge < -0.3 is 14.9 Å². The minimum atomic E-state index is 0.123. The Labute approximate surface area is 151 Å². The van der Waals surface area contributed by atoms with E-state index in [1.807, 2.05) is 47.6 Å². The SMILES string of the molecule is O=C(c1c[nH]c2ccccc12)N1CCC(c2c[nH]c3cccnc23)CC1. The van der Waals surface area contributed by atoms with E-state index in [0.717, 1.165) is 53.4 Å². The van der Waals surface area contributed by atoms with Gasteiger partial charge >= 0.3 is 0 Å². The van der Waals surface area contributed by atoms with E-state index in [1.54, 1.807) is 0 Å². The molecule has 1 aromatic carbocycles. The van der Waals surface area contributed by atoms with Crippen molar-refractivity contribution in [3.05, 3.63) is 66.1 Å². The van der Waals surface area contributed by atoms with Crippen molar-refractivity contribution in [2.24, 2.45) is 0 Å². The molecule has 1 aliphatic heterocycles. The third-order valence-corrected chi connectivity index (χ3v) is 5.51. The van der Waals surface area contributed by atoms with E-state index in [9.17, 15) is 4.79 Å². The summed E-state index contributed by atoms with van der Waals surface area (Å²) < 4.78 is 0. The summed E-state index contributed by atoms with van der Waals surface area (Å²) in [5.41, 5.74) is 5.21. The molecule has 1 saturated heterocycles. The number of fused-ring (bicyclic) bond motifs is 2. The number of H-pyrrole nitrogens is 2. The number of rotatable bonds is 2. The minimum Gasteiger partial charge on any atom is -0.360 e. The average Bonchev–Trinajstić information content (AvgIpc) is 3.32. The molecule has 0 bridgehead atoms. The summed E-state index contributed by atoms with van der Waals surface area (Å²) in [7, 11) is 0. The number of nitrogens with one attached hydrogen (secondary N) is 2. The van der Waals surface area contributed by atoms with Crippen LogP contribution in [0.3, 0.4) is 0 Å². The summed E-state index contributed by atoms with van der Waals surface area (Å²) in [6.07, 6.45) is 7.70. The van der Waals surface area contributed by atoms with Crippen LogP contribution in [0.1, 0.15) is 34.7 Å². The van der Waals surface area contributed by atoms with Crippen LogP contribution in [-0.2, 0) is 0 Å². The van der Waals surface area contributed by atoms with Crippen molar-refractivity contribution < 1.29 is 4.79 Å². The summed E-state index contributed by atoms with van der Waals surface area (Å²) in [5.74, 6) is 0.573. The standard InChI is InChI=1S/C21H20N4O/c26-21(17-13-23-18-5-2-1-4-15(17)18)25-10-7-14(8-11-25)16-12-24-19-6-3-9-22-20(16)19/h1-6,9,12-14,23-24H,7-8,10-11H2. The summed E-state index contributed by atoms with van der Waals surface area (Å²) in [6, 6.07) is 12.0. The van der Waals surface area contributed by atoms with Crippen LogP contribution in [0.2, 0.25) is 0 Å². The fourth-order valence-corrected chi connectivity index (χ4v) is 4.10.